The smallest absolute Gasteiger partial charge is 0.236 e. The van der Waals surface area contributed by atoms with Gasteiger partial charge in [-0.15, -0.1) is 0 Å². The van der Waals surface area contributed by atoms with Crippen molar-refractivity contribution in [3.63, 3.8) is 0 Å². The van der Waals surface area contributed by atoms with Crippen LogP contribution < -0.4 is 21.7 Å². The summed E-state index contributed by atoms with van der Waals surface area (Å²) in [6.07, 6.45) is 7.99. The first-order valence-electron chi connectivity index (χ1n) is 9.76. The minimum Gasteiger partial charge on any atom is -0.381 e. The van der Waals surface area contributed by atoms with Crippen LogP contribution in [0.5, 0.6) is 0 Å². The minimum absolute atomic E-state index is 0.0663. The lowest BCUT2D eigenvalue weighted by atomic mass is 10.1. The molecule has 0 radical (unpaired) electrons. The summed E-state index contributed by atoms with van der Waals surface area (Å²) in [6.45, 7) is 3.06. The van der Waals surface area contributed by atoms with Crippen molar-refractivity contribution in [2.45, 2.75) is 57.4 Å². The van der Waals surface area contributed by atoms with Gasteiger partial charge in [-0.1, -0.05) is 6.42 Å². The van der Waals surface area contributed by atoms with Gasteiger partial charge in [-0.05, 0) is 50.7 Å². The summed E-state index contributed by atoms with van der Waals surface area (Å²) in [5, 5.41) is 8.99. The largest absolute Gasteiger partial charge is 0.381 e. The summed E-state index contributed by atoms with van der Waals surface area (Å²) < 4.78 is 5.58. The summed E-state index contributed by atoms with van der Waals surface area (Å²) in [5.74, 6) is 1.63. The first-order valence-corrected chi connectivity index (χ1v) is 10.4. The normalized spacial score (nSPS) is 12.7. The average Bonchev–Trinajstić information content (AvgIpc) is 2.65. The Morgan fingerprint density at radius 2 is 1.69 bits per heavy atom. The number of ether oxygens (including phenoxy) is 1. The maximum absolute atomic E-state index is 11.9. The van der Waals surface area contributed by atoms with E-state index in [1.54, 1.807) is 7.05 Å². The number of nitrogens with zero attached hydrogens (tertiary/aromatic N) is 1. The molecule has 0 bridgehead atoms. The zero-order chi connectivity index (χ0) is 19.5. The molecule has 1 unspecified atom stereocenters. The number of hydrogen-bond donors (Lipinski definition) is 5. The molecule has 0 heterocycles. The fourth-order valence-electron chi connectivity index (χ4n) is 2.38. The summed E-state index contributed by atoms with van der Waals surface area (Å²) in [4.78, 5) is 15.9. The van der Waals surface area contributed by atoms with Crippen LogP contribution in [0.4, 0.5) is 0 Å². The van der Waals surface area contributed by atoms with E-state index in [9.17, 15) is 4.79 Å². The number of hydrogen-bond acceptors (Lipinski definition) is 5. The van der Waals surface area contributed by atoms with Crippen LogP contribution in [0.3, 0.4) is 0 Å². The molecule has 0 saturated heterocycles. The van der Waals surface area contributed by atoms with Crippen LogP contribution in [0.15, 0.2) is 4.99 Å². The lowest BCUT2D eigenvalue weighted by Crippen LogP contribution is -2.41. The fourth-order valence-corrected chi connectivity index (χ4v) is 2.61. The van der Waals surface area contributed by atoms with Gasteiger partial charge >= 0.3 is 0 Å². The van der Waals surface area contributed by atoms with Crippen LogP contribution in [-0.4, -0.2) is 64.1 Å². The van der Waals surface area contributed by atoms with Gasteiger partial charge in [-0.2, -0.15) is 12.6 Å². The highest BCUT2D eigenvalue weighted by Crippen LogP contribution is 2.00. The number of thiol groups is 1. The standard InChI is InChI=1S/C18H39N5O2S/c1-20-18(21-2)23-12-9-10-16(19)17(24)22-11-5-3-6-13-25-14-7-4-8-15-26/h16,26H,3-15,19H2,1-2H3,(H,22,24)(H2,20,21,23). The second kappa shape index (κ2) is 18.8. The number of rotatable bonds is 16. The predicted octanol–water partition coefficient (Wildman–Crippen LogP) is 1.29. The van der Waals surface area contributed by atoms with Crippen LogP contribution >= 0.6 is 12.6 Å². The molecule has 0 saturated carbocycles. The van der Waals surface area contributed by atoms with Gasteiger partial charge in [0.05, 0.1) is 6.04 Å². The molecule has 0 aromatic rings. The summed E-state index contributed by atoms with van der Waals surface area (Å²) >= 11 is 4.19. The van der Waals surface area contributed by atoms with Crippen LogP contribution in [0.2, 0.25) is 0 Å². The number of aliphatic imine (C=N–C) groups is 1. The minimum atomic E-state index is -0.450. The van der Waals surface area contributed by atoms with E-state index in [-0.39, 0.29) is 5.91 Å². The van der Waals surface area contributed by atoms with Gasteiger partial charge in [0.25, 0.3) is 0 Å². The predicted molar refractivity (Wildman–Crippen MR) is 113 cm³/mol. The van der Waals surface area contributed by atoms with E-state index in [1.165, 1.54) is 6.42 Å². The van der Waals surface area contributed by atoms with E-state index in [2.05, 4.69) is 33.6 Å². The van der Waals surface area contributed by atoms with Gasteiger partial charge < -0.3 is 26.4 Å². The highest BCUT2D eigenvalue weighted by atomic mass is 32.1. The summed E-state index contributed by atoms with van der Waals surface area (Å²) in [5.41, 5.74) is 5.92. The Morgan fingerprint density at radius 3 is 2.31 bits per heavy atom. The first kappa shape index (κ1) is 25.0. The van der Waals surface area contributed by atoms with Gasteiger partial charge in [-0.25, -0.2) is 0 Å². The van der Waals surface area contributed by atoms with E-state index in [0.29, 0.717) is 13.0 Å². The van der Waals surface area contributed by atoms with Crippen molar-refractivity contribution in [3.05, 3.63) is 0 Å². The van der Waals surface area contributed by atoms with Crippen molar-refractivity contribution in [2.75, 3.05) is 46.2 Å². The van der Waals surface area contributed by atoms with E-state index < -0.39 is 6.04 Å². The van der Waals surface area contributed by atoms with Crippen molar-refractivity contribution in [3.8, 4) is 0 Å². The van der Waals surface area contributed by atoms with Gasteiger partial charge in [0, 0.05) is 40.4 Å². The highest BCUT2D eigenvalue weighted by Gasteiger charge is 2.12. The first-order chi connectivity index (χ1) is 12.7. The quantitative estimate of drug-likeness (QED) is 0.119. The second-order valence-corrected chi connectivity index (χ2v) is 6.69. The van der Waals surface area contributed by atoms with E-state index in [0.717, 1.165) is 70.0 Å². The lowest BCUT2D eigenvalue weighted by molar-refractivity contribution is -0.122. The molecule has 5 N–H and O–H groups in total. The van der Waals surface area contributed by atoms with E-state index in [4.69, 9.17) is 10.5 Å². The third-order valence-corrected chi connectivity index (χ3v) is 4.31. The molecular weight excluding hydrogens is 350 g/mol. The van der Waals surface area contributed by atoms with Gasteiger partial charge in [0.15, 0.2) is 5.96 Å². The van der Waals surface area contributed by atoms with Crippen LogP contribution in [-0.2, 0) is 9.53 Å². The van der Waals surface area contributed by atoms with E-state index in [1.807, 2.05) is 7.05 Å². The Morgan fingerprint density at radius 1 is 1.04 bits per heavy atom. The molecular formula is C18H39N5O2S. The molecule has 0 aliphatic rings. The zero-order valence-electron chi connectivity index (χ0n) is 16.6. The molecule has 0 rings (SSSR count). The molecule has 0 spiro atoms. The Balaban J connectivity index is 3.44. The molecule has 26 heavy (non-hydrogen) atoms. The van der Waals surface area contributed by atoms with Crippen LogP contribution in [0, 0.1) is 0 Å². The van der Waals surface area contributed by atoms with Gasteiger partial charge in [0.2, 0.25) is 5.91 Å². The number of guanidine groups is 1. The van der Waals surface area contributed by atoms with Gasteiger partial charge in [-0.3, -0.25) is 9.79 Å². The number of nitrogens with one attached hydrogen (secondary N) is 3. The van der Waals surface area contributed by atoms with Gasteiger partial charge in [0.1, 0.15) is 0 Å². The van der Waals surface area contributed by atoms with Crippen molar-refractivity contribution < 1.29 is 9.53 Å². The maximum Gasteiger partial charge on any atom is 0.236 e. The van der Waals surface area contributed by atoms with Crippen LogP contribution in [0.25, 0.3) is 0 Å². The number of carbonyl (C=O) groups is 1. The second-order valence-electron chi connectivity index (χ2n) is 6.25. The third-order valence-electron chi connectivity index (χ3n) is 3.99. The fraction of sp³-hybridized carbons (Fsp3) is 0.889. The van der Waals surface area contributed by atoms with Crippen LogP contribution in [0.1, 0.15) is 51.4 Å². The molecule has 8 heteroatoms. The molecule has 1 atom stereocenters. The molecule has 1 amide bonds. The van der Waals surface area contributed by atoms with E-state index >= 15 is 0 Å². The molecule has 0 aromatic carbocycles. The highest BCUT2D eigenvalue weighted by molar-refractivity contribution is 7.80. The topological polar surface area (TPSA) is 101 Å². The van der Waals surface area contributed by atoms with Crippen molar-refractivity contribution in [1.82, 2.24) is 16.0 Å². The number of amides is 1. The molecule has 0 fully saturated rings. The summed E-state index contributed by atoms with van der Waals surface area (Å²) in [7, 11) is 3.53. The maximum atomic E-state index is 11.9. The molecule has 0 aliphatic carbocycles. The van der Waals surface area contributed by atoms with Crippen molar-refractivity contribution in [1.29, 1.82) is 0 Å². The average molecular weight is 390 g/mol. The Kier molecular flexibility index (Phi) is 18.1. The number of carbonyl (C=O) groups excluding carboxylic acids is 1. The number of unbranched alkanes of at least 4 members (excludes halogenated alkanes) is 4. The SMILES string of the molecule is CN=C(NC)NCCCC(N)C(=O)NCCCCCOCCCCCS. The van der Waals surface area contributed by atoms with Crippen molar-refractivity contribution >= 4 is 24.5 Å². The molecule has 154 valence electrons. The van der Waals surface area contributed by atoms with Crippen molar-refractivity contribution in [2.24, 2.45) is 10.7 Å². The Hall–Kier alpha value is -0.990. The zero-order valence-corrected chi connectivity index (χ0v) is 17.5. The molecule has 0 aliphatic heterocycles. The Labute approximate surface area is 164 Å². The monoisotopic (exact) mass is 389 g/mol. The molecule has 0 aromatic heterocycles. The number of nitrogens with two attached hydrogens (primary N) is 1. The Bertz CT molecular complexity index is 369. The summed E-state index contributed by atoms with van der Waals surface area (Å²) in [6, 6.07) is -0.450. The lowest BCUT2D eigenvalue weighted by Gasteiger charge is -2.13. The molecule has 7 nitrogen and oxygen atoms in total. The third kappa shape index (κ3) is 15.3.